The minimum absolute atomic E-state index is 0.458. The second-order valence-electron chi connectivity index (χ2n) is 6.07. The molecule has 2 aliphatic heterocycles. The summed E-state index contributed by atoms with van der Waals surface area (Å²) in [7, 11) is 0. The largest absolute Gasteiger partial charge is 0.478 e. The van der Waals surface area contributed by atoms with Crippen LogP contribution in [0.4, 0.5) is 5.82 Å². The molecule has 0 radical (unpaired) electrons. The van der Waals surface area contributed by atoms with Gasteiger partial charge in [-0.05, 0) is 45.2 Å². The Kier molecular flexibility index (Phi) is 4.10. The summed E-state index contributed by atoms with van der Waals surface area (Å²) in [6.45, 7) is 7.25. The maximum Gasteiger partial charge on any atom is 0.215 e. The lowest BCUT2D eigenvalue weighted by Gasteiger charge is -2.45. The van der Waals surface area contributed by atoms with Gasteiger partial charge in [0.15, 0.2) is 0 Å². The van der Waals surface area contributed by atoms with Gasteiger partial charge >= 0.3 is 0 Å². The highest BCUT2D eigenvalue weighted by Gasteiger charge is 2.36. The molecule has 3 heterocycles. The van der Waals surface area contributed by atoms with Crippen molar-refractivity contribution in [3.63, 3.8) is 0 Å². The summed E-state index contributed by atoms with van der Waals surface area (Å²) in [6.07, 6.45) is 5.27. The smallest absolute Gasteiger partial charge is 0.215 e. The van der Waals surface area contributed by atoms with Gasteiger partial charge in [0.05, 0.1) is 6.61 Å². The molecule has 0 aromatic carbocycles. The summed E-state index contributed by atoms with van der Waals surface area (Å²) in [5, 5.41) is 3.58. The molecule has 2 aliphatic rings. The lowest BCUT2D eigenvalue weighted by Crippen LogP contribution is -2.51. The summed E-state index contributed by atoms with van der Waals surface area (Å²) in [5.41, 5.74) is 0.458. The van der Waals surface area contributed by atoms with Crippen molar-refractivity contribution >= 4 is 5.82 Å². The number of pyridine rings is 1. The number of piperidine rings is 2. The first-order valence-electron chi connectivity index (χ1n) is 7.87. The fourth-order valence-electron chi connectivity index (χ4n) is 3.59. The normalized spacial score (nSPS) is 26.8. The van der Waals surface area contributed by atoms with E-state index in [-0.39, 0.29) is 0 Å². The number of nitrogens with zero attached hydrogens (tertiary/aromatic N) is 2. The van der Waals surface area contributed by atoms with E-state index in [0.29, 0.717) is 12.0 Å². The van der Waals surface area contributed by atoms with Gasteiger partial charge < -0.3 is 15.0 Å². The monoisotopic (exact) mass is 275 g/mol. The van der Waals surface area contributed by atoms with E-state index in [2.05, 4.69) is 21.3 Å². The number of hydrogen-bond donors (Lipinski definition) is 1. The van der Waals surface area contributed by atoms with Gasteiger partial charge in [-0.15, -0.1) is 0 Å². The standard InChI is InChI=1S/C16H25N3O/c1-2-20-15-7-3-6-14(18-15)19-11-5-9-16(13-19)8-4-10-17-12-16/h3,6-7,17H,2,4-5,8-13H2,1H3. The number of ether oxygens (including phenoxy) is 1. The van der Waals surface area contributed by atoms with E-state index in [4.69, 9.17) is 4.74 Å². The second kappa shape index (κ2) is 6.00. The maximum absolute atomic E-state index is 5.52. The summed E-state index contributed by atoms with van der Waals surface area (Å²) >= 11 is 0. The number of rotatable bonds is 3. The second-order valence-corrected chi connectivity index (χ2v) is 6.07. The predicted octanol–water partition coefficient (Wildman–Crippen LogP) is 2.45. The molecule has 4 heteroatoms. The van der Waals surface area contributed by atoms with E-state index in [9.17, 15) is 0 Å². The minimum atomic E-state index is 0.458. The Morgan fingerprint density at radius 3 is 3.05 bits per heavy atom. The lowest BCUT2D eigenvalue weighted by atomic mass is 9.74. The van der Waals surface area contributed by atoms with Crippen LogP contribution in [0.15, 0.2) is 18.2 Å². The molecule has 0 bridgehead atoms. The van der Waals surface area contributed by atoms with Crippen LogP contribution in [-0.2, 0) is 0 Å². The molecule has 1 N–H and O–H groups in total. The fraction of sp³-hybridized carbons (Fsp3) is 0.688. The molecule has 1 aromatic rings. The third kappa shape index (κ3) is 2.90. The van der Waals surface area contributed by atoms with E-state index in [1.54, 1.807) is 0 Å². The Morgan fingerprint density at radius 2 is 2.25 bits per heavy atom. The highest BCUT2D eigenvalue weighted by Crippen LogP contribution is 2.37. The number of nitrogens with one attached hydrogen (secondary N) is 1. The molecule has 1 unspecified atom stereocenters. The molecular formula is C16H25N3O. The van der Waals surface area contributed by atoms with Crippen molar-refractivity contribution in [3.05, 3.63) is 18.2 Å². The van der Waals surface area contributed by atoms with Crippen LogP contribution in [0.1, 0.15) is 32.6 Å². The van der Waals surface area contributed by atoms with Crippen LogP contribution in [0.5, 0.6) is 5.88 Å². The summed E-state index contributed by atoms with van der Waals surface area (Å²) in [5.74, 6) is 1.81. The zero-order valence-corrected chi connectivity index (χ0v) is 12.4. The number of aromatic nitrogens is 1. The topological polar surface area (TPSA) is 37.4 Å². The summed E-state index contributed by atoms with van der Waals surface area (Å²) in [6, 6.07) is 6.10. The van der Waals surface area contributed by atoms with Crippen molar-refractivity contribution < 1.29 is 4.74 Å². The number of hydrogen-bond acceptors (Lipinski definition) is 4. The first kappa shape index (κ1) is 13.7. The molecule has 4 nitrogen and oxygen atoms in total. The molecule has 0 amide bonds. The molecule has 0 aliphatic carbocycles. The van der Waals surface area contributed by atoms with Crippen molar-refractivity contribution in [2.24, 2.45) is 5.41 Å². The van der Waals surface area contributed by atoms with Gasteiger partial charge in [0.25, 0.3) is 0 Å². The third-order valence-electron chi connectivity index (χ3n) is 4.55. The quantitative estimate of drug-likeness (QED) is 0.919. The highest BCUT2D eigenvalue weighted by atomic mass is 16.5. The van der Waals surface area contributed by atoms with Crippen molar-refractivity contribution in [1.29, 1.82) is 0 Å². The van der Waals surface area contributed by atoms with Crippen LogP contribution in [0, 0.1) is 5.41 Å². The van der Waals surface area contributed by atoms with E-state index < -0.39 is 0 Å². The van der Waals surface area contributed by atoms with Crippen molar-refractivity contribution in [2.45, 2.75) is 32.6 Å². The van der Waals surface area contributed by atoms with Crippen LogP contribution in [0.2, 0.25) is 0 Å². The van der Waals surface area contributed by atoms with Gasteiger partial charge in [-0.25, -0.2) is 0 Å². The van der Waals surface area contributed by atoms with Crippen molar-refractivity contribution in [2.75, 3.05) is 37.7 Å². The van der Waals surface area contributed by atoms with Crippen molar-refractivity contribution in [3.8, 4) is 5.88 Å². The average molecular weight is 275 g/mol. The molecule has 1 spiro atoms. The molecule has 2 saturated heterocycles. The highest BCUT2D eigenvalue weighted by molar-refractivity contribution is 5.41. The number of anilines is 1. The Bertz CT molecular complexity index is 438. The van der Waals surface area contributed by atoms with Crippen LogP contribution in [0.25, 0.3) is 0 Å². The maximum atomic E-state index is 5.52. The SMILES string of the molecule is CCOc1cccc(N2CCCC3(CCCNC3)C2)n1. The first-order chi connectivity index (χ1) is 9.81. The molecule has 1 aromatic heterocycles. The van der Waals surface area contributed by atoms with Crippen LogP contribution in [0.3, 0.4) is 0 Å². The van der Waals surface area contributed by atoms with Gasteiger partial charge in [-0.1, -0.05) is 6.07 Å². The van der Waals surface area contributed by atoms with Gasteiger partial charge in [-0.2, -0.15) is 4.98 Å². The Morgan fingerprint density at radius 1 is 1.35 bits per heavy atom. The molecular weight excluding hydrogens is 250 g/mol. The summed E-state index contributed by atoms with van der Waals surface area (Å²) < 4.78 is 5.52. The zero-order valence-electron chi connectivity index (χ0n) is 12.4. The van der Waals surface area contributed by atoms with Gasteiger partial charge in [-0.3, -0.25) is 0 Å². The van der Waals surface area contributed by atoms with E-state index in [0.717, 1.165) is 31.3 Å². The molecule has 1 atom stereocenters. The molecule has 110 valence electrons. The van der Waals surface area contributed by atoms with Crippen LogP contribution in [-0.4, -0.2) is 37.8 Å². The molecule has 20 heavy (non-hydrogen) atoms. The zero-order chi connectivity index (χ0) is 13.8. The Balaban J connectivity index is 1.74. The molecule has 0 saturated carbocycles. The molecule has 2 fully saturated rings. The minimum Gasteiger partial charge on any atom is -0.478 e. The van der Waals surface area contributed by atoms with Gasteiger partial charge in [0, 0.05) is 31.1 Å². The summed E-state index contributed by atoms with van der Waals surface area (Å²) in [4.78, 5) is 7.09. The van der Waals surface area contributed by atoms with E-state index >= 15 is 0 Å². The average Bonchev–Trinajstić information content (AvgIpc) is 2.49. The van der Waals surface area contributed by atoms with E-state index in [1.165, 1.54) is 32.2 Å². The first-order valence-corrected chi connectivity index (χ1v) is 7.87. The van der Waals surface area contributed by atoms with Gasteiger partial charge in [0.2, 0.25) is 5.88 Å². The lowest BCUT2D eigenvalue weighted by molar-refractivity contribution is 0.172. The van der Waals surface area contributed by atoms with E-state index in [1.807, 2.05) is 19.1 Å². The van der Waals surface area contributed by atoms with Crippen LogP contribution >= 0.6 is 0 Å². The Hall–Kier alpha value is -1.29. The molecule has 3 rings (SSSR count). The third-order valence-corrected chi connectivity index (χ3v) is 4.55. The predicted molar refractivity (Wildman–Crippen MR) is 81.4 cm³/mol. The fourth-order valence-corrected chi connectivity index (χ4v) is 3.59. The van der Waals surface area contributed by atoms with Crippen LogP contribution < -0.4 is 15.0 Å². The van der Waals surface area contributed by atoms with Crippen molar-refractivity contribution in [1.82, 2.24) is 10.3 Å². The van der Waals surface area contributed by atoms with Gasteiger partial charge in [0.1, 0.15) is 5.82 Å². The Labute approximate surface area is 121 Å².